The highest BCUT2D eigenvalue weighted by Crippen LogP contribution is 2.14. The molecule has 7 nitrogen and oxygen atoms in total. The molecule has 2 N–H and O–H groups in total. The summed E-state index contributed by atoms with van der Waals surface area (Å²) in [7, 11) is 0. The van der Waals surface area contributed by atoms with E-state index >= 15 is 0 Å². The summed E-state index contributed by atoms with van der Waals surface area (Å²) in [4.78, 5) is 27.1. The summed E-state index contributed by atoms with van der Waals surface area (Å²) in [5.41, 5.74) is 1.20. The Labute approximate surface area is 138 Å². The summed E-state index contributed by atoms with van der Waals surface area (Å²) in [5, 5.41) is 10.4. The van der Waals surface area contributed by atoms with E-state index in [0.29, 0.717) is 18.1 Å². The van der Waals surface area contributed by atoms with Crippen LogP contribution in [0.5, 0.6) is 0 Å². The summed E-state index contributed by atoms with van der Waals surface area (Å²) in [6, 6.07) is 12.7. The standard InChI is InChI=1S/C17H17N5O2/c1-2-22-11-19-21-15(22)10-18-16(23)13-8-9-14(20-17(13)24)12-6-4-3-5-7-12/h3-9,11H,2,10H2,1H3,(H,18,23)(H,20,24). The summed E-state index contributed by atoms with van der Waals surface area (Å²) in [5.74, 6) is 0.199. The Bertz CT molecular complexity index is 899. The lowest BCUT2D eigenvalue weighted by Crippen LogP contribution is -2.30. The van der Waals surface area contributed by atoms with E-state index in [2.05, 4.69) is 20.5 Å². The number of nitrogens with zero attached hydrogens (tertiary/aromatic N) is 3. The van der Waals surface area contributed by atoms with Crippen molar-refractivity contribution in [3.63, 3.8) is 0 Å². The maximum atomic E-state index is 12.2. The number of H-pyrrole nitrogens is 1. The van der Waals surface area contributed by atoms with Crippen molar-refractivity contribution in [2.45, 2.75) is 20.0 Å². The number of aromatic amines is 1. The zero-order valence-electron chi connectivity index (χ0n) is 13.2. The molecule has 1 aromatic carbocycles. The Morgan fingerprint density at radius 3 is 2.71 bits per heavy atom. The zero-order valence-corrected chi connectivity index (χ0v) is 13.2. The van der Waals surface area contributed by atoms with Gasteiger partial charge >= 0.3 is 0 Å². The highest BCUT2D eigenvalue weighted by atomic mass is 16.2. The van der Waals surface area contributed by atoms with Gasteiger partial charge in [-0.1, -0.05) is 30.3 Å². The summed E-state index contributed by atoms with van der Waals surface area (Å²) >= 11 is 0. The van der Waals surface area contributed by atoms with Gasteiger partial charge in [-0.05, 0) is 24.6 Å². The fraction of sp³-hybridized carbons (Fsp3) is 0.176. The van der Waals surface area contributed by atoms with E-state index in [9.17, 15) is 9.59 Å². The normalized spacial score (nSPS) is 10.5. The second-order valence-electron chi connectivity index (χ2n) is 5.20. The predicted octanol–water partition coefficient (Wildman–Crippen LogP) is 1.58. The van der Waals surface area contributed by atoms with E-state index in [1.54, 1.807) is 12.4 Å². The van der Waals surface area contributed by atoms with E-state index in [1.807, 2.05) is 41.8 Å². The minimum atomic E-state index is -0.443. The molecule has 0 aliphatic heterocycles. The zero-order chi connectivity index (χ0) is 16.9. The Kier molecular flexibility index (Phi) is 4.51. The Morgan fingerprint density at radius 1 is 1.21 bits per heavy atom. The fourth-order valence-corrected chi connectivity index (χ4v) is 2.37. The molecule has 0 radical (unpaired) electrons. The van der Waals surface area contributed by atoms with E-state index in [4.69, 9.17) is 0 Å². The van der Waals surface area contributed by atoms with Crippen LogP contribution in [-0.2, 0) is 13.1 Å². The van der Waals surface area contributed by atoms with Gasteiger partial charge in [-0.2, -0.15) is 0 Å². The SMILES string of the molecule is CCn1cnnc1CNC(=O)c1ccc(-c2ccccc2)[nH]c1=O. The van der Waals surface area contributed by atoms with E-state index in [1.165, 1.54) is 6.07 Å². The highest BCUT2D eigenvalue weighted by molar-refractivity contribution is 5.94. The van der Waals surface area contributed by atoms with E-state index in [-0.39, 0.29) is 12.1 Å². The molecule has 1 amide bonds. The van der Waals surface area contributed by atoms with Gasteiger partial charge in [0.05, 0.1) is 6.54 Å². The summed E-state index contributed by atoms with van der Waals surface area (Å²) < 4.78 is 1.82. The smallest absolute Gasteiger partial charge is 0.261 e. The molecule has 122 valence electrons. The van der Waals surface area contributed by atoms with E-state index < -0.39 is 11.5 Å². The Balaban J connectivity index is 1.75. The highest BCUT2D eigenvalue weighted by Gasteiger charge is 2.12. The molecule has 0 aliphatic rings. The third kappa shape index (κ3) is 3.24. The van der Waals surface area contributed by atoms with E-state index in [0.717, 1.165) is 5.56 Å². The van der Waals surface area contributed by atoms with Gasteiger partial charge in [-0.3, -0.25) is 9.59 Å². The van der Waals surface area contributed by atoms with Crippen LogP contribution < -0.4 is 10.9 Å². The van der Waals surface area contributed by atoms with Crippen LogP contribution in [0, 0.1) is 0 Å². The predicted molar refractivity (Wildman–Crippen MR) is 89.4 cm³/mol. The first kappa shape index (κ1) is 15.7. The first-order valence-electron chi connectivity index (χ1n) is 7.62. The number of carbonyl (C=O) groups excluding carboxylic acids is 1. The second kappa shape index (κ2) is 6.91. The molecule has 3 aromatic rings. The number of pyridine rings is 1. The van der Waals surface area contributed by atoms with Crippen molar-refractivity contribution in [1.29, 1.82) is 0 Å². The number of rotatable bonds is 5. The third-order valence-electron chi connectivity index (χ3n) is 3.68. The van der Waals surface area contributed by atoms with Crippen molar-refractivity contribution in [2.75, 3.05) is 0 Å². The molecular weight excluding hydrogens is 306 g/mol. The average Bonchev–Trinajstić information content (AvgIpc) is 3.08. The molecule has 0 aliphatic carbocycles. The van der Waals surface area contributed by atoms with Crippen molar-refractivity contribution in [3.8, 4) is 11.3 Å². The molecule has 2 aromatic heterocycles. The van der Waals surface area contributed by atoms with Gasteiger partial charge in [0, 0.05) is 12.2 Å². The molecule has 0 fully saturated rings. The number of nitrogens with one attached hydrogen (secondary N) is 2. The van der Waals surface area contributed by atoms with Gasteiger partial charge in [0.2, 0.25) is 0 Å². The van der Waals surface area contributed by atoms with Crippen LogP contribution in [0.15, 0.2) is 53.6 Å². The lowest BCUT2D eigenvalue weighted by molar-refractivity contribution is 0.0948. The molecule has 0 spiro atoms. The molecule has 0 saturated heterocycles. The van der Waals surface area contributed by atoms with Gasteiger partial charge in [-0.25, -0.2) is 0 Å². The molecule has 7 heteroatoms. The first-order chi connectivity index (χ1) is 11.7. The average molecular weight is 323 g/mol. The molecule has 0 atom stereocenters. The van der Waals surface area contributed by atoms with Gasteiger partial charge in [-0.15, -0.1) is 10.2 Å². The van der Waals surface area contributed by atoms with Crippen molar-refractivity contribution >= 4 is 5.91 Å². The first-order valence-corrected chi connectivity index (χ1v) is 7.62. The second-order valence-corrected chi connectivity index (χ2v) is 5.20. The number of aryl methyl sites for hydroxylation is 1. The van der Waals surface area contributed by atoms with Crippen molar-refractivity contribution < 1.29 is 4.79 Å². The van der Waals surface area contributed by atoms with Crippen molar-refractivity contribution in [1.82, 2.24) is 25.1 Å². The van der Waals surface area contributed by atoms with Crippen molar-refractivity contribution in [2.24, 2.45) is 0 Å². The number of hydrogen-bond donors (Lipinski definition) is 2. The molecule has 24 heavy (non-hydrogen) atoms. The molecule has 2 heterocycles. The molecule has 0 bridgehead atoms. The van der Waals surface area contributed by atoms with Crippen LogP contribution in [0.2, 0.25) is 0 Å². The Morgan fingerprint density at radius 2 is 2.00 bits per heavy atom. The van der Waals surface area contributed by atoms with Crippen LogP contribution in [0.25, 0.3) is 11.3 Å². The number of amides is 1. The van der Waals surface area contributed by atoms with Crippen LogP contribution in [0.1, 0.15) is 23.1 Å². The Hall–Kier alpha value is -3.22. The van der Waals surface area contributed by atoms with Gasteiger partial charge in [0.15, 0.2) is 5.82 Å². The van der Waals surface area contributed by atoms with Crippen LogP contribution >= 0.6 is 0 Å². The monoisotopic (exact) mass is 323 g/mol. The number of hydrogen-bond acceptors (Lipinski definition) is 4. The molecule has 3 rings (SSSR count). The number of carbonyl (C=O) groups is 1. The molecular formula is C17H17N5O2. The maximum Gasteiger partial charge on any atom is 0.261 e. The quantitative estimate of drug-likeness (QED) is 0.745. The largest absolute Gasteiger partial charge is 0.345 e. The minimum Gasteiger partial charge on any atom is -0.345 e. The van der Waals surface area contributed by atoms with Crippen LogP contribution in [0.4, 0.5) is 0 Å². The van der Waals surface area contributed by atoms with Gasteiger partial charge < -0.3 is 14.9 Å². The fourth-order valence-electron chi connectivity index (χ4n) is 2.37. The maximum absolute atomic E-state index is 12.2. The molecule has 0 unspecified atom stereocenters. The summed E-state index contributed by atoms with van der Waals surface area (Å²) in [6.45, 7) is 2.89. The number of aromatic nitrogens is 4. The number of benzene rings is 1. The van der Waals surface area contributed by atoms with Crippen LogP contribution in [-0.4, -0.2) is 25.7 Å². The lowest BCUT2D eigenvalue weighted by atomic mass is 10.1. The molecule has 0 saturated carbocycles. The minimum absolute atomic E-state index is 0.0669. The van der Waals surface area contributed by atoms with Crippen molar-refractivity contribution in [3.05, 3.63) is 70.5 Å². The third-order valence-corrected chi connectivity index (χ3v) is 3.68. The lowest BCUT2D eigenvalue weighted by Gasteiger charge is -2.07. The van der Waals surface area contributed by atoms with Crippen LogP contribution in [0.3, 0.4) is 0 Å². The van der Waals surface area contributed by atoms with Gasteiger partial charge in [0.25, 0.3) is 11.5 Å². The summed E-state index contributed by atoms with van der Waals surface area (Å²) in [6.07, 6.45) is 1.60. The topological polar surface area (TPSA) is 92.7 Å². The van der Waals surface area contributed by atoms with Gasteiger partial charge in [0.1, 0.15) is 11.9 Å².